The summed E-state index contributed by atoms with van der Waals surface area (Å²) in [5.41, 5.74) is 3.81. The fourth-order valence-corrected chi connectivity index (χ4v) is 6.82. The SMILES string of the molecule is COc1cc2c(c3c1OC(C)(C)C3)C(c1cccc(S(=O)(=O)NC3CCCCNC3=O)c1)=NC(C)(C)C2. The van der Waals surface area contributed by atoms with Crippen molar-refractivity contribution in [3.63, 3.8) is 0 Å². The molecule has 0 radical (unpaired) electrons. The van der Waals surface area contributed by atoms with E-state index in [0.717, 1.165) is 47.4 Å². The molecule has 9 heteroatoms. The largest absolute Gasteiger partial charge is 0.493 e. The number of benzene rings is 2. The molecule has 8 nitrogen and oxygen atoms in total. The van der Waals surface area contributed by atoms with Crippen LogP contribution in [0, 0.1) is 0 Å². The first-order valence-electron chi connectivity index (χ1n) is 12.8. The van der Waals surface area contributed by atoms with E-state index in [2.05, 4.69) is 23.9 Å². The molecule has 3 aliphatic heterocycles. The van der Waals surface area contributed by atoms with Crippen molar-refractivity contribution in [2.45, 2.75) is 81.9 Å². The Morgan fingerprint density at radius 1 is 1.14 bits per heavy atom. The maximum Gasteiger partial charge on any atom is 0.241 e. The van der Waals surface area contributed by atoms with Gasteiger partial charge in [0, 0.05) is 29.7 Å². The van der Waals surface area contributed by atoms with Crippen LogP contribution in [0.2, 0.25) is 0 Å². The zero-order valence-corrected chi connectivity index (χ0v) is 22.9. The molecule has 1 fully saturated rings. The number of hydrogen-bond donors (Lipinski definition) is 2. The number of carbonyl (C=O) groups is 1. The number of hydrogen-bond acceptors (Lipinski definition) is 6. The topological polar surface area (TPSA) is 106 Å². The number of rotatable bonds is 5. The number of nitrogens with zero attached hydrogens (tertiary/aromatic N) is 1. The number of ether oxygens (including phenoxy) is 2. The van der Waals surface area contributed by atoms with E-state index < -0.39 is 21.7 Å². The van der Waals surface area contributed by atoms with Gasteiger partial charge in [0.25, 0.3) is 0 Å². The highest BCUT2D eigenvalue weighted by Crippen LogP contribution is 2.47. The second-order valence-electron chi connectivity index (χ2n) is 11.4. The van der Waals surface area contributed by atoms with Gasteiger partial charge in [0.2, 0.25) is 15.9 Å². The molecule has 1 saturated heterocycles. The van der Waals surface area contributed by atoms with Crippen molar-refractivity contribution in [2.24, 2.45) is 4.99 Å². The van der Waals surface area contributed by atoms with Crippen LogP contribution < -0.4 is 19.5 Å². The first-order valence-corrected chi connectivity index (χ1v) is 14.3. The van der Waals surface area contributed by atoms with Crippen LogP contribution in [0.1, 0.15) is 69.2 Å². The predicted octanol–water partition coefficient (Wildman–Crippen LogP) is 3.53. The molecule has 1 unspecified atom stereocenters. The van der Waals surface area contributed by atoms with Crippen molar-refractivity contribution in [3.05, 3.63) is 52.6 Å². The lowest BCUT2D eigenvalue weighted by Crippen LogP contribution is -2.45. The second kappa shape index (κ2) is 9.13. The molecule has 1 amide bonds. The van der Waals surface area contributed by atoms with Crippen molar-refractivity contribution >= 4 is 21.6 Å². The molecule has 0 bridgehead atoms. The van der Waals surface area contributed by atoms with Gasteiger partial charge in [0.15, 0.2) is 11.5 Å². The summed E-state index contributed by atoms with van der Waals surface area (Å²) in [7, 11) is -2.28. The van der Waals surface area contributed by atoms with Crippen LogP contribution in [-0.4, -0.2) is 50.9 Å². The maximum atomic E-state index is 13.4. The van der Waals surface area contributed by atoms with Gasteiger partial charge in [-0.2, -0.15) is 4.72 Å². The molecule has 2 aromatic rings. The summed E-state index contributed by atoms with van der Waals surface area (Å²) in [5, 5.41) is 2.78. The summed E-state index contributed by atoms with van der Waals surface area (Å²) in [6, 6.07) is 8.07. The Balaban J connectivity index is 1.58. The van der Waals surface area contributed by atoms with Crippen LogP contribution in [0.3, 0.4) is 0 Å². The zero-order valence-electron chi connectivity index (χ0n) is 22.1. The summed E-state index contributed by atoms with van der Waals surface area (Å²) in [6.45, 7) is 8.80. The molecule has 37 heavy (non-hydrogen) atoms. The van der Waals surface area contributed by atoms with Crippen LogP contribution in [0.15, 0.2) is 40.2 Å². The van der Waals surface area contributed by atoms with Crippen LogP contribution in [0.4, 0.5) is 0 Å². The Hall–Kier alpha value is -2.91. The van der Waals surface area contributed by atoms with Crippen molar-refractivity contribution in [2.75, 3.05) is 13.7 Å². The Bertz CT molecular complexity index is 1390. The van der Waals surface area contributed by atoms with Gasteiger partial charge in [-0.15, -0.1) is 0 Å². The highest BCUT2D eigenvalue weighted by molar-refractivity contribution is 7.89. The third kappa shape index (κ3) is 4.99. The molecule has 3 heterocycles. The van der Waals surface area contributed by atoms with Crippen LogP contribution in [0.5, 0.6) is 11.5 Å². The summed E-state index contributed by atoms with van der Waals surface area (Å²) >= 11 is 0. The fourth-order valence-electron chi connectivity index (χ4n) is 5.55. The third-order valence-corrected chi connectivity index (χ3v) is 8.62. The molecule has 1 atom stereocenters. The van der Waals surface area contributed by atoms with E-state index in [1.807, 2.05) is 26.0 Å². The number of fused-ring (bicyclic) bond motifs is 3. The number of nitrogens with one attached hydrogen (secondary N) is 2. The molecular formula is C28H35N3O5S. The molecule has 0 saturated carbocycles. The minimum atomic E-state index is -3.93. The van der Waals surface area contributed by atoms with Gasteiger partial charge < -0.3 is 14.8 Å². The summed E-state index contributed by atoms with van der Waals surface area (Å²) in [4.78, 5) is 17.6. The second-order valence-corrected chi connectivity index (χ2v) is 13.1. The van der Waals surface area contributed by atoms with Gasteiger partial charge in [-0.05, 0) is 77.1 Å². The average molecular weight is 526 g/mol. The van der Waals surface area contributed by atoms with E-state index in [1.54, 1.807) is 25.3 Å². The summed E-state index contributed by atoms with van der Waals surface area (Å²) in [5.74, 6) is 1.15. The van der Waals surface area contributed by atoms with E-state index in [0.29, 0.717) is 30.7 Å². The normalized spacial score (nSPS) is 22.1. The van der Waals surface area contributed by atoms with E-state index >= 15 is 0 Å². The standard InChI is InChI=1S/C28H35N3O5S/c1-27(2)15-18-14-22(35-5)25-20(16-28(3,4)36-25)23(18)24(30-27)17-9-8-10-19(13-17)37(33,34)31-21-11-6-7-12-29-26(21)32/h8-10,13-14,21,31H,6-7,11-12,15-16H2,1-5H3,(H,29,32). The van der Waals surface area contributed by atoms with Crippen LogP contribution in [0.25, 0.3) is 0 Å². The van der Waals surface area contributed by atoms with E-state index in [1.165, 1.54) is 0 Å². The average Bonchev–Trinajstić information content (AvgIpc) is 3.02. The molecule has 0 spiro atoms. The number of aliphatic imine (C=N–C) groups is 1. The Kier molecular flexibility index (Phi) is 6.35. The molecule has 0 aliphatic carbocycles. The van der Waals surface area contributed by atoms with Crippen molar-refractivity contribution < 1.29 is 22.7 Å². The minimum Gasteiger partial charge on any atom is -0.493 e. The van der Waals surface area contributed by atoms with Gasteiger partial charge in [-0.25, -0.2) is 8.42 Å². The number of sulfonamides is 1. The molecule has 5 rings (SSSR count). The molecule has 198 valence electrons. The molecular weight excluding hydrogens is 490 g/mol. The van der Waals surface area contributed by atoms with Gasteiger partial charge in [-0.3, -0.25) is 9.79 Å². The number of amides is 1. The zero-order chi connectivity index (χ0) is 26.6. The van der Waals surface area contributed by atoms with E-state index in [4.69, 9.17) is 14.5 Å². The fraction of sp³-hybridized carbons (Fsp3) is 0.500. The smallest absolute Gasteiger partial charge is 0.241 e. The van der Waals surface area contributed by atoms with Gasteiger partial charge in [-0.1, -0.05) is 12.1 Å². The third-order valence-electron chi connectivity index (χ3n) is 7.15. The lowest BCUT2D eigenvalue weighted by atomic mass is 9.81. The summed E-state index contributed by atoms with van der Waals surface area (Å²) < 4.78 is 41.3. The van der Waals surface area contributed by atoms with Crippen molar-refractivity contribution in [1.29, 1.82) is 0 Å². The van der Waals surface area contributed by atoms with Crippen molar-refractivity contribution in [1.82, 2.24) is 10.0 Å². The molecule has 3 aliphatic rings. The first-order chi connectivity index (χ1) is 17.4. The lowest BCUT2D eigenvalue weighted by Gasteiger charge is -2.31. The minimum absolute atomic E-state index is 0.108. The van der Waals surface area contributed by atoms with Gasteiger partial charge >= 0.3 is 0 Å². The molecule has 2 aromatic carbocycles. The highest BCUT2D eigenvalue weighted by atomic mass is 32.2. The first kappa shape index (κ1) is 25.7. The van der Waals surface area contributed by atoms with Gasteiger partial charge in [0.05, 0.1) is 23.3 Å². The van der Waals surface area contributed by atoms with Crippen LogP contribution >= 0.6 is 0 Å². The number of methoxy groups -OCH3 is 1. The predicted molar refractivity (Wildman–Crippen MR) is 142 cm³/mol. The lowest BCUT2D eigenvalue weighted by molar-refractivity contribution is -0.122. The van der Waals surface area contributed by atoms with Crippen LogP contribution in [-0.2, 0) is 27.7 Å². The summed E-state index contributed by atoms with van der Waals surface area (Å²) in [6.07, 6.45) is 3.51. The molecule has 0 aromatic heterocycles. The molecule has 2 N–H and O–H groups in total. The quantitative estimate of drug-likeness (QED) is 0.621. The highest BCUT2D eigenvalue weighted by Gasteiger charge is 2.40. The Labute approximate surface area is 218 Å². The Morgan fingerprint density at radius 3 is 2.68 bits per heavy atom. The van der Waals surface area contributed by atoms with E-state index in [9.17, 15) is 13.2 Å². The van der Waals surface area contributed by atoms with Gasteiger partial charge in [0.1, 0.15) is 11.6 Å². The maximum absolute atomic E-state index is 13.4. The monoisotopic (exact) mass is 525 g/mol. The number of carbonyl (C=O) groups excluding carboxylic acids is 1. The van der Waals surface area contributed by atoms with E-state index in [-0.39, 0.29) is 16.3 Å². The van der Waals surface area contributed by atoms with Crippen molar-refractivity contribution in [3.8, 4) is 11.5 Å². The Morgan fingerprint density at radius 2 is 1.92 bits per heavy atom.